The number of amides is 1. The highest BCUT2D eigenvalue weighted by molar-refractivity contribution is 6.02. The highest BCUT2D eigenvalue weighted by Crippen LogP contribution is 2.52. The van der Waals surface area contributed by atoms with Crippen molar-refractivity contribution in [3.8, 4) is 0 Å². The van der Waals surface area contributed by atoms with Gasteiger partial charge in [0, 0.05) is 10.9 Å². The Balaban J connectivity index is 2.79. The molecule has 2 N–H and O–H groups in total. The number of halogens is 6. The predicted molar refractivity (Wildman–Crippen MR) is 85.2 cm³/mol. The van der Waals surface area contributed by atoms with Gasteiger partial charge < -0.3 is 9.84 Å². The van der Waals surface area contributed by atoms with Crippen molar-refractivity contribution in [2.24, 2.45) is 0 Å². The second-order valence-corrected chi connectivity index (χ2v) is 5.99. The van der Waals surface area contributed by atoms with Gasteiger partial charge in [0.25, 0.3) is 5.60 Å². The van der Waals surface area contributed by atoms with E-state index in [1.807, 2.05) is 5.32 Å². The van der Waals surface area contributed by atoms with Gasteiger partial charge >= 0.3 is 18.4 Å². The normalized spacial score (nSPS) is 13.1. The quantitative estimate of drug-likeness (QED) is 0.711. The van der Waals surface area contributed by atoms with Crippen LogP contribution in [0.25, 0.3) is 10.8 Å². The van der Waals surface area contributed by atoms with Gasteiger partial charge in [-0.1, -0.05) is 36.4 Å². The molecule has 0 bridgehead atoms. The molecule has 0 aromatic heterocycles. The van der Waals surface area contributed by atoms with Crippen LogP contribution in [0.1, 0.15) is 19.4 Å². The monoisotopic (exact) mass is 395 g/mol. The van der Waals surface area contributed by atoms with Crippen LogP contribution >= 0.6 is 0 Å². The molecule has 0 saturated heterocycles. The Morgan fingerprint density at radius 3 is 2.07 bits per heavy atom. The van der Waals surface area contributed by atoms with Crippen LogP contribution in [0.15, 0.2) is 36.4 Å². The molecule has 0 saturated carbocycles. The van der Waals surface area contributed by atoms with E-state index >= 15 is 0 Å². The summed E-state index contributed by atoms with van der Waals surface area (Å²) in [6, 6.07) is 7.00. The fourth-order valence-electron chi connectivity index (χ4n) is 2.52. The lowest BCUT2D eigenvalue weighted by Gasteiger charge is -2.34. The van der Waals surface area contributed by atoms with Crippen molar-refractivity contribution in [3.05, 3.63) is 42.0 Å². The van der Waals surface area contributed by atoms with Crippen LogP contribution in [0.2, 0.25) is 0 Å². The molecule has 2 aromatic rings. The molecule has 0 radical (unpaired) electrons. The number of hydrogen-bond acceptors (Lipinski definition) is 3. The van der Waals surface area contributed by atoms with E-state index in [0.29, 0.717) is 6.07 Å². The second-order valence-electron chi connectivity index (χ2n) is 5.99. The first-order chi connectivity index (χ1) is 12.3. The molecule has 0 atom stereocenters. The van der Waals surface area contributed by atoms with Gasteiger partial charge in [-0.05, 0) is 19.2 Å². The predicted octanol–water partition coefficient (Wildman–Crippen LogP) is 5.11. The van der Waals surface area contributed by atoms with E-state index in [9.17, 15) is 36.2 Å². The summed E-state index contributed by atoms with van der Waals surface area (Å²) in [6.45, 7) is 2.90. The summed E-state index contributed by atoms with van der Waals surface area (Å²) >= 11 is 0. The fraction of sp³-hybridized carbons (Fsp3) is 0.353. The molecule has 0 fully saturated rings. The van der Waals surface area contributed by atoms with Gasteiger partial charge in [0.15, 0.2) is 0 Å². The van der Waals surface area contributed by atoms with Gasteiger partial charge in [0.1, 0.15) is 0 Å². The lowest BCUT2D eigenvalue weighted by molar-refractivity contribution is -0.375. The Bertz CT molecular complexity index is 831. The molecule has 27 heavy (non-hydrogen) atoms. The summed E-state index contributed by atoms with van der Waals surface area (Å²) in [5, 5.41) is 11.8. The first-order valence-corrected chi connectivity index (χ1v) is 7.64. The molecule has 0 aliphatic heterocycles. The summed E-state index contributed by atoms with van der Waals surface area (Å²) in [7, 11) is 0. The van der Waals surface area contributed by atoms with E-state index in [4.69, 9.17) is 4.74 Å². The van der Waals surface area contributed by atoms with Crippen molar-refractivity contribution < 1.29 is 41.0 Å². The van der Waals surface area contributed by atoms with Crippen LogP contribution in [0.3, 0.4) is 0 Å². The molecule has 0 aliphatic rings. The standard InChI is InChI=1S/C17H15F6NO3/c1-9(2)27-14(25)24-13-11-6-4-3-5-10(11)7-8-12(13)15(26,16(18,19)20)17(21,22)23/h3-9,26H,1-2H3,(H,24,25). The van der Waals surface area contributed by atoms with E-state index in [0.717, 1.165) is 6.07 Å². The van der Waals surface area contributed by atoms with E-state index in [-0.39, 0.29) is 10.8 Å². The second kappa shape index (κ2) is 6.91. The highest BCUT2D eigenvalue weighted by atomic mass is 19.4. The number of carbonyl (C=O) groups is 1. The summed E-state index contributed by atoms with van der Waals surface area (Å²) in [6.07, 6.45) is -14.1. The SMILES string of the molecule is CC(C)OC(=O)Nc1c(C(O)(C(F)(F)F)C(F)(F)F)ccc2ccccc12. The smallest absolute Gasteiger partial charge is 0.430 e. The minimum Gasteiger partial charge on any atom is -0.447 e. The van der Waals surface area contributed by atoms with Gasteiger partial charge in [-0.15, -0.1) is 0 Å². The van der Waals surface area contributed by atoms with Crippen LogP contribution < -0.4 is 5.32 Å². The molecular weight excluding hydrogens is 380 g/mol. The summed E-state index contributed by atoms with van der Waals surface area (Å²) in [5.41, 5.74) is -7.58. The molecule has 2 aromatic carbocycles. The number of rotatable bonds is 3. The molecule has 0 unspecified atom stereocenters. The number of hydrogen-bond donors (Lipinski definition) is 2. The minimum absolute atomic E-state index is 0.123. The number of fused-ring (bicyclic) bond motifs is 1. The third kappa shape index (κ3) is 3.80. The fourth-order valence-corrected chi connectivity index (χ4v) is 2.52. The third-order valence-corrected chi connectivity index (χ3v) is 3.71. The number of carbonyl (C=O) groups excluding carboxylic acids is 1. The zero-order valence-corrected chi connectivity index (χ0v) is 14.1. The van der Waals surface area contributed by atoms with Crippen LogP contribution in [0, 0.1) is 0 Å². The first-order valence-electron chi connectivity index (χ1n) is 7.64. The Labute approximate surface area is 149 Å². The number of nitrogens with one attached hydrogen (secondary N) is 1. The zero-order valence-electron chi connectivity index (χ0n) is 14.1. The van der Waals surface area contributed by atoms with Crippen molar-refractivity contribution >= 4 is 22.6 Å². The summed E-state index contributed by atoms with van der Waals surface area (Å²) in [5.74, 6) is 0. The van der Waals surface area contributed by atoms with E-state index in [1.165, 1.54) is 38.1 Å². The molecule has 0 spiro atoms. The third-order valence-electron chi connectivity index (χ3n) is 3.71. The lowest BCUT2D eigenvalue weighted by Crippen LogP contribution is -2.54. The molecule has 4 nitrogen and oxygen atoms in total. The Morgan fingerprint density at radius 2 is 1.56 bits per heavy atom. The molecule has 1 amide bonds. The van der Waals surface area contributed by atoms with E-state index in [1.54, 1.807) is 0 Å². The van der Waals surface area contributed by atoms with Crippen LogP contribution in [0.5, 0.6) is 0 Å². The average molecular weight is 395 g/mol. The molecule has 0 heterocycles. The molecule has 2 rings (SSSR count). The van der Waals surface area contributed by atoms with E-state index in [2.05, 4.69) is 0 Å². The molecule has 148 valence electrons. The van der Waals surface area contributed by atoms with Crippen LogP contribution in [-0.2, 0) is 10.3 Å². The largest absolute Gasteiger partial charge is 0.447 e. The maximum Gasteiger partial charge on any atom is 0.430 e. The molecular formula is C17H15F6NO3. The maximum absolute atomic E-state index is 13.3. The van der Waals surface area contributed by atoms with Crippen molar-refractivity contribution in [1.29, 1.82) is 0 Å². The maximum atomic E-state index is 13.3. The number of ether oxygens (including phenoxy) is 1. The number of alkyl halides is 6. The van der Waals surface area contributed by atoms with Crippen molar-refractivity contribution in [2.45, 2.75) is 37.9 Å². The van der Waals surface area contributed by atoms with Gasteiger partial charge in [-0.25, -0.2) is 4.79 Å². The lowest BCUT2D eigenvalue weighted by atomic mass is 9.88. The number of benzene rings is 2. The van der Waals surface area contributed by atoms with Gasteiger partial charge in [0.2, 0.25) is 0 Å². The van der Waals surface area contributed by atoms with Crippen molar-refractivity contribution in [1.82, 2.24) is 0 Å². The van der Waals surface area contributed by atoms with Crippen molar-refractivity contribution in [2.75, 3.05) is 5.32 Å². The summed E-state index contributed by atoms with van der Waals surface area (Å²) in [4.78, 5) is 11.9. The van der Waals surface area contributed by atoms with Gasteiger partial charge in [0.05, 0.1) is 11.8 Å². The first kappa shape index (κ1) is 20.8. The minimum atomic E-state index is -6.09. The number of aliphatic hydroxyl groups is 1. The summed E-state index contributed by atoms with van der Waals surface area (Å²) < 4.78 is 84.5. The van der Waals surface area contributed by atoms with Crippen LogP contribution in [-0.4, -0.2) is 29.7 Å². The highest BCUT2D eigenvalue weighted by Gasteiger charge is 2.72. The Hall–Kier alpha value is -2.49. The van der Waals surface area contributed by atoms with Crippen molar-refractivity contribution in [3.63, 3.8) is 0 Å². The Morgan fingerprint density at radius 1 is 1.00 bits per heavy atom. The van der Waals surface area contributed by atoms with Crippen LogP contribution in [0.4, 0.5) is 36.8 Å². The van der Waals surface area contributed by atoms with Gasteiger partial charge in [-0.2, -0.15) is 26.3 Å². The van der Waals surface area contributed by atoms with Gasteiger partial charge in [-0.3, -0.25) is 5.32 Å². The molecule has 10 heteroatoms. The Kier molecular flexibility index (Phi) is 5.33. The average Bonchev–Trinajstić information content (AvgIpc) is 2.51. The molecule has 0 aliphatic carbocycles. The zero-order chi connectivity index (χ0) is 20.6. The number of anilines is 1. The topological polar surface area (TPSA) is 58.6 Å². The van der Waals surface area contributed by atoms with E-state index < -0.39 is 41.4 Å².